The number of Topliss-reactive ketones (excluding diaryl/α,β-unsaturated/α-hetero) is 1. The van der Waals surface area contributed by atoms with E-state index in [9.17, 15) is 4.79 Å². The van der Waals surface area contributed by atoms with Crippen LogP contribution < -0.4 is 0 Å². The van der Waals surface area contributed by atoms with Gasteiger partial charge in [0.1, 0.15) is 18.3 Å². The van der Waals surface area contributed by atoms with Crippen LogP contribution in [0.25, 0.3) is 0 Å². The van der Waals surface area contributed by atoms with E-state index in [0.717, 1.165) is 0 Å². The van der Waals surface area contributed by atoms with Crippen molar-refractivity contribution in [2.75, 3.05) is 6.61 Å². The van der Waals surface area contributed by atoms with Crippen molar-refractivity contribution in [2.45, 2.75) is 31.6 Å². The molecule has 0 aromatic heterocycles. The molecule has 0 aromatic carbocycles. The van der Waals surface area contributed by atoms with E-state index < -0.39 is 30.7 Å². The molecule has 0 fully saturated rings. The molecule has 72 valence electrons. The summed E-state index contributed by atoms with van der Waals surface area (Å²) in [4.78, 5) is 10.9. The van der Waals surface area contributed by atoms with Gasteiger partial charge >= 0.3 is 0 Å². The summed E-state index contributed by atoms with van der Waals surface area (Å²) in [5, 5.41) is 35.4. The highest BCUT2D eigenvalue weighted by atomic mass is 16.4. The molecule has 0 rings (SSSR count). The fourth-order valence-corrected chi connectivity index (χ4v) is 0.657. The quantitative estimate of drug-likeness (QED) is 0.393. The molecule has 0 aromatic rings. The molecule has 0 radical (unpaired) electrons. The Morgan fingerprint density at radius 1 is 1.50 bits per heavy atom. The van der Waals surface area contributed by atoms with E-state index in [-0.39, 0.29) is 13.3 Å². The number of carbonyl (C=O) groups excluding carboxylic acids is 1. The number of aliphatic hydroxyl groups excluding tert-OH is 4. The van der Waals surface area contributed by atoms with Gasteiger partial charge in [0, 0.05) is 7.79 Å². The molecular weight excluding hydrogens is 164 g/mol. The molecule has 0 unspecified atom stereocenters. The summed E-state index contributed by atoms with van der Waals surface area (Å²) in [7, 11) is 0. The van der Waals surface area contributed by atoms with Gasteiger partial charge in [-0.05, 0) is 0 Å². The molecule has 0 spiro atoms. The van der Waals surface area contributed by atoms with Crippen LogP contribution in [0.5, 0.6) is 0 Å². The minimum absolute atomic E-state index is 0.183. The van der Waals surface area contributed by atoms with Gasteiger partial charge in [-0.25, -0.2) is 0 Å². The highest BCUT2D eigenvalue weighted by molar-refractivity contribution is 5.83. The lowest BCUT2D eigenvalue weighted by Gasteiger charge is -2.19. The number of aliphatic hydroxyl groups is 4. The first kappa shape index (κ1) is 9.60. The Hall–Kier alpha value is -0.490. The average molecular weight is 179 g/mol. The maximum atomic E-state index is 10.9. The first-order valence-corrected chi connectivity index (χ1v) is 3.51. The van der Waals surface area contributed by atoms with Crippen molar-refractivity contribution in [3.8, 4) is 0 Å². The maximum absolute atomic E-state index is 10.9. The third-order valence-electron chi connectivity index (χ3n) is 1.48. The van der Waals surface area contributed by atoms with E-state index in [2.05, 4.69) is 0 Å². The molecule has 12 heavy (non-hydrogen) atoms. The number of hydrogen-bond acceptors (Lipinski definition) is 5. The predicted octanol–water partition coefficient (Wildman–Crippen LogP) is -1.96. The molecule has 0 bridgehead atoms. The molecule has 0 amide bonds. The summed E-state index contributed by atoms with van der Waals surface area (Å²) >= 11 is 0. The predicted molar refractivity (Wildman–Crippen MR) is 40.4 cm³/mol. The van der Waals surface area contributed by atoms with Crippen LogP contribution in [-0.4, -0.2) is 51.1 Å². The zero-order chi connectivity index (χ0) is 10.4. The molecule has 3 atom stereocenters. The molecule has 0 saturated carbocycles. The number of hydrogen-bond donors (Lipinski definition) is 4. The SMILES string of the molecule is [2H]CCC(=O)[C@H](O)[C@H](O)[C@H](O)CO. The fraction of sp³-hybridized carbons (Fsp3) is 0.857. The molecule has 5 nitrogen and oxygen atoms in total. The number of rotatable bonds is 5. The van der Waals surface area contributed by atoms with Crippen LogP contribution >= 0.6 is 0 Å². The summed E-state index contributed by atoms with van der Waals surface area (Å²) in [5.41, 5.74) is 0. The smallest absolute Gasteiger partial charge is 0.163 e. The molecule has 0 saturated heterocycles. The second-order valence-corrected chi connectivity index (χ2v) is 2.40. The van der Waals surface area contributed by atoms with Crippen LogP contribution in [0.2, 0.25) is 0 Å². The Morgan fingerprint density at radius 2 is 2.08 bits per heavy atom. The van der Waals surface area contributed by atoms with Gasteiger partial charge in [0.2, 0.25) is 0 Å². The van der Waals surface area contributed by atoms with Crippen molar-refractivity contribution < 1.29 is 26.6 Å². The van der Waals surface area contributed by atoms with Crippen molar-refractivity contribution in [3.05, 3.63) is 0 Å². The molecule has 0 aliphatic carbocycles. The van der Waals surface area contributed by atoms with Gasteiger partial charge in [-0.3, -0.25) is 4.79 Å². The molecule has 5 heteroatoms. The maximum Gasteiger partial charge on any atom is 0.163 e. The molecule has 0 aliphatic heterocycles. The summed E-state index contributed by atoms with van der Waals surface area (Å²) in [6, 6.07) is 0. The average Bonchev–Trinajstić information content (AvgIpc) is 2.14. The van der Waals surface area contributed by atoms with Crippen LogP contribution in [0.4, 0.5) is 0 Å². The Kier molecular flexibility index (Phi) is 4.16. The van der Waals surface area contributed by atoms with E-state index in [4.69, 9.17) is 21.8 Å². The molecular formula is C7H14O5. The van der Waals surface area contributed by atoms with Gasteiger partial charge in [0.15, 0.2) is 5.78 Å². The zero-order valence-corrected chi connectivity index (χ0v) is 6.55. The van der Waals surface area contributed by atoms with Gasteiger partial charge in [0.05, 0.1) is 6.61 Å². The third-order valence-corrected chi connectivity index (χ3v) is 1.48. The molecule has 4 N–H and O–H groups in total. The first-order chi connectivity index (χ1) is 6.04. The minimum Gasteiger partial charge on any atom is -0.394 e. The number of ketones is 1. The minimum atomic E-state index is -1.73. The van der Waals surface area contributed by atoms with E-state index in [1.54, 1.807) is 0 Å². The van der Waals surface area contributed by atoms with E-state index in [0.29, 0.717) is 0 Å². The van der Waals surface area contributed by atoms with Gasteiger partial charge in [-0.1, -0.05) is 6.90 Å². The van der Waals surface area contributed by atoms with Crippen LogP contribution in [0, 0.1) is 0 Å². The van der Waals surface area contributed by atoms with E-state index >= 15 is 0 Å². The van der Waals surface area contributed by atoms with Gasteiger partial charge in [0.25, 0.3) is 0 Å². The summed E-state index contributed by atoms with van der Waals surface area (Å²) < 4.78 is 6.69. The highest BCUT2D eigenvalue weighted by Crippen LogP contribution is 2.02. The molecule has 0 aliphatic rings. The second kappa shape index (κ2) is 5.21. The van der Waals surface area contributed by atoms with Crippen LogP contribution in [0.15, 0.2) is 0 Å². The number of carbonyl (C=O) groups is 1. The van der Waals surface area contributed by atoms with Gasteiger partial charge in [-0.15, -0.1) is 0 Å². The fourth-order valence-electron chi connectivity index (χ4n) is 0.657. The summed E-state index contributed by atoms with van der Waals surface area (Å²) in [6.07, 6.45) is -5.14. The second-order valence-electron chi connectivity index (χ2n) is 2.40. The monoisotopic (exact) mass is 179 g/mol. The van der Waals surface area contributed by atoms with Gasteiger partial charge < -0.3 is 20.4 Å². The summed E-state index contributed by atoms with van der Waals surface area (Å²) in [6.45, 7) is -0.912. The topological polar surface area (TPSA) is 98.0 Å². The third kappa shape index (κ3) is 2.86. The first-order valence-electron chi connectivity index (χ1n) is 4.22. The van der Waals surface area contributed by atoms with Gasteiger partial charge in [-0.2, -0.15) is 0 Å². The largest absolute Gasteiger partial charge is 0.394 e. The lowest BCUT2D eigenvalue weighted by molar-refractivity contribution is -0.139. The normalized spacial score (nSPS) is 19.5. The lowest BCUT2D eigenvalue weighted by Crippen LogP contribution is -2.43. The van der Waals surface area contributed by atoms with Crippen molar-refractivity contribution >= 4 is 5.78 Å². The Bertz CT molecular complexity index is 163. The summed E-state index contributed by atoms with van der Waals surface area (Å²) in [5.74, 6) is -0.713. The lowest BCUT2D eigenvalue weighted by atomic mass is 10.0. The van der Waals surface area contributed by atoms with Crippen LogP contribution in [-0.2, 0) is 4.79 Å². The zero-order valence-electron chi connectivity index (χ0n) is 7.55. The highest BCUT2D eigenvalue weighted by Gasteiger charge is 2.28. The van der Waals surface area contributed by atoms with E-state index in [1.165, 1.54) is 0 Å². The molecule has 0 heterocycles. The van der Waals surface area contributed by atoms with Crippen molar-refractivity contribution in [1.29, 1.82) is 0 Å². The van der Waals surface area contributed by atoms with E-state index in [1.807, 2.05) is 0 Å². The Morgan fingerprint density at radius 3 is 2.50 bits per heavy atom. The Balaban J connectivity index is 4.07. The van der Waals surface area contributed by atoms with Crippen LogP contribution in [0.1, 0.15) is 14.7 Å². The Labute approximate surface area is 71.7 Å². The van der Waals surface area contributed by atoms with Crippen molar-refractivity contribution in [2.24, 2.45) is 0 Å². The standard InChI is InChI=1S/C7H14O5/c1-2-4(9)6(11)7(12)5(10)3-8/h5-8,10-12H,2-3H2,1H3/t5-,6+,7-/m1/s1/i1D. The van der Waals surface area contributed by atoms with Crippen molar-refractivity contribution in [3.63, 3.8) is 0 Å². The van der Waals surface area contributed by atoms with Crippen LogP contribution in [0.3, 0.4) is 0 Å². The van der Waals surface area contributed by atoms with Crippen molar-refractivity contribution in [1.82, 2.24) is 0 Å².